The number of allylic oxidation sites excluding steroid dienone is 10. The Morgan fingerprint density at radius 2 is 1.25 bits per heavy atom. The van der Waals surface area contributed by atoms with Crippen molar-refractivity contribution in [2.45, 2.75) is 112 Å². The number of alkyl halides is 1. The molecule has 0 heterocycles. The van der Waals surface area contributed by atoms with Crippen LogP contribution in [0.25, 0.3) is 0 Å². The topological polar surface area (TPSA) is 34.1 Å². The molecule has 1 aliphatic rings. The van der Waals surface area contributed by atoms with E-state index in [9.17, 15) is 9.59 Å². The molecule has 1 unspecified atom stereocenters. The van der Waals surface area contributed by atoms with E-state index in [1.54, 1.807) is 20.8 Å². The first kappa shape index (κ1) is 28.4. The summed E-state index contributed by atoms with van der Waals surface area (Å²) in [6.45, 7) is 16.0. The highest BCUT2D eigenvalue weighted by Crippen LogP contribution is 2.33. The van der Waals surface area contributed by atoms with Gasteiger partial charge in [0.25, 0.3) is 0 Å². The molecular weight excluding hydrogens is 416 g/mol. The van der Waals surface area contributed by atoms with Gasteiger partial charge in [-0.2, -0.15) is 0 Å². The van der Waals surface area contributed by atoms with Crippen LogP contribution in [0.2, 0.25) is 0 Å². The lowest BCUT2D eigenvalue weighted by Gasteiger charge is -2.24. The highest BCUT2D eigenvalue weighted by Gasteiger charge is 2.29. The standard InChI is InChI=1S/C29H43ClO2/c1-20(2)12-9-13-21(3)14-10-15-22(4)16-11-18-29(8,30)19-17-26-25(7)27(31)23(5)24(6)28(26)32/h12,14,16H,9-11,13,15,17-19H2,1-8H3/b21-14+,22-16+. The normalized spacial score (nSPS) is 17.8. The van der Waals surface area contributed by atoms with Gasteiger partial charge in [-0.1, -0.05) is 34.9 Å². The quantitative estimate of drug-likeness (QED) is 0.166. The van der Waals surface area contributed by atoms with E-state index in [4.69, 9.17) is 11.6 Å². The molecule has 0 radical (unpaired) electrons. The summed E-state index contributed by atoms with van der Waals surface area (Å²) in [6.07, 6.45) is 14.4. The Kier molecular flexibility index (Phi) is 11.6. The predicted octanol–water partition coefficient (Wildman–Crippen LogP) is 8.77. The number of ketones is 2. The molecule has 0 saturated heterocycles. The summed E-state index contributed by atoms with van der Waals surface area (Å²) in [4.78, 5) is 24.6. The van der Waals surface area contributed by atoms with Gasteiger partial charge in [0.1, 0.15) is 0 Å². The Labute approximate surface area is 201 Å². The molecule has 178 valence electrons. The van der Waals surface area contributed by atoms with Crippen molar-refractivity contribution < 1.29 is 9.59 Å². The van der Waals surface area contributed by atoms with Gasteiger partial charge in [0.2, 0.25) is 0 Å². The van der Waals surface area contributed by atoms with Crippen molar-refractivity contribution in [2.24, 2.45) is 0 Å². The zero-order chi connectivity index (χ0) is 24.5. The first-order chi connectivity index (χ1) is 14.9. The van der Waals surface area contributed by atoms with Crippen LogP contribution in [0.5, 0.6) is 0 Å². The summed E-state index contributed by atoms with van der Waals surface area (Å²) in [5.74, 6) is 0.000156. The number of rotatable bonds is 12. The van der Waals surface area contributed by atoms with Gasteiger partial charge in [0.15, 0.2) is 11.6 Å². The smallest absolute Gasteiger partial charge is 0.185 e. The maximum Gasteiger partial charge on any atom is 0.185 e. The van der Waals surface area contributed by atoms with Crippen molar-refractivity contribution in [2.75, 3.05) is 0 Å². The number of Topliss-reactive ketones (excluding diaryl/α,β-unsaturated/α-hetero) is 2. The van der Waals surface area contributed by atoms with Gasteiger partial charge in [-0.15, -0.1) is 11.6 Å². The van der Waals surface area contributed by atoms with E-state index in [-0.39, 0.29) is 16.4 Å². The molecule has 32 heavy (non-hydrogen) atoms. The van der Waals surface area contributed by atoms with Crippen LogP contribution in [0.15, 0.2) is 57.2 Å². The molecular formula is C29H43ClO2. The molecule has 0 saturated carbocycles. The molecule has 0 aromatic heterocycles. The second-order valence-electron chi connectivity index (χ2n) is 9.92. The van der Waals surface area contributed by atoms with E-state index < -0.39 is 0 Å². The molecule has 0 bridgehead atoms. The fraction of sp³-hybridized carbons (Fsp3) is 0.586. The minimum atomic E-state index is -0.390. The van der Waals surface area contributed by atoms with E-state index in [1.165, 1.54) is 16.7 Å². The van der Waals surface area contributed by atoms with Crippen molar-refractivity contribution in [1.29, 1.82) is 0 Å². The molecule has 0 N–H and O–H groups in total. The average Bonchev–Trinajstić information content (AvgIpc) is 2.70. The average molecular weight is 459 g/mol. The fourth-order valence-corrected chi connectivity index (χ4v) is 4.13. The van der Waals surface area contributed by atoms with E-state index in [0.29, 0.717) is 35.1 Å². The van der Waals surface area contributed by atoms with Crippen LogP contribution in [0.1, 0.15) is 107 Å². The van der Waals surface area contributed by atoms with Crippen molar-refractivity contribution in [3.63, 3.8) is 0 Å². The predicted molar refractivity (Wildman–Crippen MR) is 139 cm³/mol. The minimum absolute atomic E-state index is 0.00633. The lowest BCUT2D eigenvalue weighted by molar-refractivity contribution is -0.116. The largest absolute Gasteiger partial charge is 0.289 e. The van der Waals surface area contributed by atoms with Crippen molar-refractivity contribution in [3.8, 4) is 0 Å². The molecule has 0 aliphatic heterocycles. The van der Waals surface area contributed by atoms with Crippen LogP contribution in [-0.4, -0.2) is 16.4 Å². The van der Waals surface area contributed by atoms with E-state index in [1.807, 2.05) is 6.92 Å². The third-order valence-corrected chi connectivity index (χ3v) is 6.87. The molecule has 0 spiro atoms. The van der Waals surface area contributed by atoms with Crippen molar-refractivity contribution >= 4 is 23.2 Å². The molecule has 1 atom stereocenters. The molecule has 1 rings (SSSR count). The highest BCUT2D eigenvalue weighted by atomic mass is 35.5. The summed E-state index contributed by atoms with van der Waals surface area (Å²) in [6, 6.07) is 0. The number of hydrogen-bond donors (Lipinski definition) is 0. The lowest BCUT2D eigenvalue weighted by atomic mass is 9.82. The van der Waals surface area contributed by atoms with Crippen LogP contribution in [-0.2, 0) is 9.59 Å². The Bertz CT molecular complexity index is 856. The molecule has 0 aromatic carbocycles. The molecule has 0 amide bonds. The van der Waals surface area contributed by atoms with Crippen LogP contribution < -0.4 is 0 Å². The minimum Gasteiger partial charge on any atom is -0.289 e. The number of hydrogen-bond acceptors (Lipinski definition) is 2. The van der Waals surface area contributed by atoms with Crippen LogP contribution in [0.3, 0.4) is 0 Å². The van der Waals surface area contributed by atoms with Crippen molar-refractivity contribution in [3.05, 3.63) is 57.2 Å². The summed E-state index contributed by atoms with van der Waals surface area (Å²) >= 11 is 6.78. The summed E-state index contributed by atoms with van der Waals surface area (Å²) < 4.78 is 0. The Balaban J connectivity index is 2.49. The van der Waals surface area contributed by atoms with Gasteiger partial charge in [-0.3, -0.25) is 9.59 Å². The van der Waals surface area contributed by atoms with Gasteiger partial charge in [0.05, 0.1) is 0 Å². The molecule has 0 aromatic rings. The molecule has 2 nitrogen and oxygen atoms in total. The second-order valence-corrected chi connectivity index (χ2v) is 10.8. The zero-order valence-electron chi connectivity index (χ0n) is 21.6. The summed E-state index contributed by atoms with van der Waals surface area (Å²) in [7, 11) is 0. The summed E-state index contributed by atoms with van der Waals surface area (Å²) in [5.41, 5.74) is 6.62. The number of carbonyl (C=O) groups is 2. The Hall–Kier alpha value is -1.67. The SMILES string of the molecule is CC(C)=CCC/C(C)=C/CC/C(C)=C/CCC(C)(Cl)CCC1=C(C)C(=O)C(C)=C(C)C1=O. The maximum atomic E-state index is 12.6. The molecule has 1 aliphatic carbocycles. The van der Waals surface area contributed by atoms with Crippen molar-refractivity contribution in [1.82, 2.24) is 0 Å². The van der Waals surface area contributed by atoms with E-state index >= 15 is 0 Å². The van der Waals surface area contributed by atoms with E-state index in [2.05, 4.69) is 45.9 Å². The fourth-order valence-electron chi connectivity index (χ4n) is 3.93. The Morgan fingerprint density at radius 1 is 0.750 bits per heavy atom. The first-order valence-corrected chi connectivity index (χ1v) is 12.3. The molecule has 0 fully saturated rings. The van der Waals surface area contributed by atoms with Gasteiger partial charge in [0, 0.05) is 27.2 Å². The maximum absolute atomic E-state index is 12.6. The van der Waals surface area contributed by atoms with Gasteiger partial charge in [-0.05, 0) is 107 Å². The number of carbonyl (C=O) groups excluding carboxylic acids is 2. The second kappa shape index (κ2) is 13.1. The summed E-state index contributed by atoms with van der Waals surface area (Å²) in [5, 5.41) is 0. The van der Waals surface area contributed by atoms with Crippen LogP contribution in [0, 0.1) is 0 Å². The van der Waals surface area contributed by atoms with Gasteiger partial charge >= 0.3 is 0 Å². The van der Waals surface area contributed by atoms with Gasteiger partial charge in [-0.25, -0.2) is 0 Å². The Morgan fingerprint density at radius 3 is 1.81 bits per heavy atom. The lowest BCUT2D eigenvalue weighted by Crippen LogP contribution is -2.23. The monoisotopic (exact) mass is 458 g/mol. The third kappa shape index (κ3) is 9.45. The van der Waals surface area contributed by atoms with Gasteiger partial charge < -0.3 is 0 Å². The third-order valence-electron chi connectivity index (χ3n) is 6.49. The molecule has 3 heteroatoms. The van der Waals surface area contributed by atoms with Crippen LogP contribution in [0.4, 0.5) is 0 Å². The zero-order valence-corrected chi connectivity index (χ0v) is 22.3. The first-order valence-electron chi connectivity index (χ1n) is 12.0. The highest BCUT2D eigenvalue weighted by molar-refractivity contribution is 6.25. The van der Waals surface area contributed by atoms with E-state index in [0.717, 1.165) is 38.5 Å². The van der Waals surface area contributed by atoms with Crippen LogP contribution >= 0.6 is 11.6 Å². The number of halogens is 1.